The van der Waals surface area contributed by atoms with Crippen LogP contribution < -0.4 is 20.1 Å². The van der Waals surface area contributed by atoms with Gasteiger partial charge < -0.3 is 24.7 Å². The van der Waals surface area contributed by atoms with E-state index in [1.165, 1.54) is 19.3 Å². The Labute approximate surface area is 152 Å². The van der Waals surface area contributed by atoms with E-state index >= 15 is 0 Å². The molecule has 2 aromatic rings. The fourth-order valence-electron chi connectivity index (χ4n) is 3.34. The Bertz CT molecular complexity index is 798. The fraction of sp³-hybridized carbons (Fsp3) is 0.474. The number of rotatable bonds is 5. The van der Waals surface area contributed by atoms with Gasteiger partial charge in [0, 0.05) is 42.7 Å². The number of nitrogens with one attached hydrogen (secondary N) is 2. The van der Waals surface area contributed by atoms with Crippen molar-refractivity contribution in [3.63, 3.8) is 0 Å². The molecular weight excluding hydrogens is 332 g/mol. The molecular formula is C19H24N4O3. The summed E-state index contributed by atoms with van der Waals surface area (Å²) >= 11 is 0. The molecule has 4 rings (SSSR count). The topological polar surface area (TPSA) is 77.4 Å². The third-order valence-corrected chi connectivity index (χ3v) is 4.98. The molecule has 7 heteroatoms. The highest BCUT2D eigenvalue weighted by molar-refractivity contribution is 5.89. The maximum Gasteiger partial charge on any atom is 0.319 e. The van der Waals surface area contributed by atoms with Crippen LogP contribution in [-0.4, -0.2) is 35.3 Å². The summed E-state index contributed by atoms with van der Waals surface area (Å²) in [6.07, 6.45) is 5.64. The van der Waals surface area contributed by atoms with Crippen molar-refractivity contribution in [1.29, 1.82) is 0 Å². The predicted octanol–water partition coefficient (Wildman–Crippen LogP) is 3.05. The van der Waals surface area contributed by atoms with E-state index in [0.29, 0.717) is 42.9 Å². The molecule has 0 spiro atoms. The Morgan fingerprint density at radius 1 is 1.27 bits per heavy atom. The van der Waals surface area contributed by atoms with E-state index in [4.69, 9.17) is 9.47 Å². The van der Waals surface area contributed by atoms with E-state index in [1.807, 2.05) is 18.3 Å². The number of ether oxygens (including phenoxy) is 2. The van der Waals surface area contributed by atoms with Crippen LogP contribution in [-0.2, 0) is 6.54 Å². The van der Waals surface area contributed by atoms with Crippen LogP contribution in [0.15, 0.2) is 24.4 Å². The summed E-state index contributed by atoms with van der Waals surface area (Å²) in [6, 6.07) is 5.17. The number of hydrogen-bond donors (Lipinski definition) is 2. The molecule has 138 valence electrons. The van der Waals surface area contributed by atoms with Crippen LogP contribution in [0.5, 0.6) is 11.5 Å². The van der Waals surface area contributed by atoms with E-state index in [2.05, 4.69) is 27.1 Å². The lowest BCUT2D eigenvalue weighted by Gasteiger charge is -2.26. The van der Waals surface area contributed by atoms with E-state index in [-0.39, 0.29) is 6.03 Å². The van der Waals surface area contributed by atoms with Crippen LogP contribution in [0.2, 0.25) is 0 Å². The van der Waals surface area contributed by atoms with Crippen molar-refractivity contribution >= 4 is 11.7 Å². The molecule has 0 bridgehead atoms. The molecule has 7 nitrogen and oxygen atoms in total. The Kier molecular flexibility index (Phi) is 4.69. The van der Waals surface area contributed by atoms with Gasteiger partial charge in [0.2, 0.25) is 0 Å². The fourth-order valence-corrected chi connectivity index (χ4v) is 3.34. The number of urea groups is 1. The predicted molar refractivity (Wildman–Crippen MR) is 98.0 cm³/mol. The molecule has 0 radical (unpaired) electrons. The summed E-state index contributed by atoms with van der Waals surface area (Å²) in [5, 5.41) is 5.74. The second-order valence-electron chi connectivity index (χ2n) is 6.78. The van der Waals surface area contributed by atoms with E-state index < -0.39 is 0 Å². The smallest absolute Gasteiger partial charge is 0.319 e. The number of anilines is 1. The van der Waals surface area contributed by atoms with E-state index in [9.17, 15) is 4.79 Å². The zero-order chi connectivity index (χ0) is 17.9. The minimum Gasteiger partial charge on any atom is -0.486 e. The molecule has 1 aliphatic carbocycles. The number of amides is 2. The van der Waals surface area contributed by atoms with Crippen molar-refractivity contribution in [2.45, 2.75) is 38.6 Å². The van der Waals surface area contributed by atoms with Gasteiger partial charge in [-0.25, -0.2) is 9.78 Å². The summed E-state index contributed by atoms with van der Waals surface area (Å²) in [4.78, 5) is 16.7. The van der Waals surface area contributed by atoms with Gasteiger partial charge in [0.1, 0.15) is 19.0 Å². The maximum absolute atomic E-state index is 12.2. The summed E-state index contributed by atoms with van der Waals surface area (Å²) in [7, 11) is 0. The molecule has 0 unspecified atom stereocenters. The number of hydrogen-bond acceptors (Lipinski definition) is 4. The second kappa shape index (κ2) is 7.27. The first kappa shape index (κ1) is 16.8. The van der Waals surface area contributed by atoms with Crippen LogP contribution in [0.4, 0.5) is 10.5 Å². The zero-order valence-corrected chi connectivity index (χ0v) is 15.0. The highest BCUT2D eigenvalue weighted by atomic mass is 16.6. The molecule has 0 atom stereocenters. The average Bonchev–Trinajstić information content (AvgIpc) is 2.94. The molecule has 1 aromatic heterocycles. The maximum atomic E-state index is 12.2. The van der Waals surface area contributed by atoms with Crippen molar-refractivity contribution in [2.24, 2.45) is 0 Å². The van der Waals surface area contributed by atoms with Crippen molar-refractivity contribution in [2.75, 3.05) is 25.1 Å². The Hall–Kier alpha value is -2.70. The highest BCUT2D eigenvalue weighted by Gasteiger charge is 2.24. The largest absolute Gasteiger partial charge is 0.486 e. The normalized spacial score (nSPS) is 16.0. The van der Waals surface area contributed by atoms with Crippen LogP contribution >= 0.6 is 0 Å². The first-order valence-corrected chi connectivity index (χ1v) is 9.17. The molecule has 1 fully saturated rings. The molecule has 26 heavy (non-hydrogen) atoms. The molecule has 1 aromatic carbocycles. The van der Waals surface area contributed by atoms with Crippen molar-refractivity contribution in [3.8, 4) is 11.5 Å². The Morgan fingerprint density at radius 3 is 2.85 bits per heavy atom. The summed E-state index contributed by atoms with van der Waals surface area (Å²) in [5.74, 6) is 3.10. The van der Waals surface area contributed by atoms with Crippen LogP contribution in [0, 0.1) is 6.92 Å². The van der Waals surface area contributed by atoms with Crippen LogP contribution in [0.25, 0.3) is 0 Å². The van der Waals surface area contributed by atoms with Gasteiger partial charge in [-0.05, 0) is 31.9 Å². The third kappa shape index (κ3) is 3.47. The Balaban J connectivity index is 1.30. The lowest BCUT2D eigenvalue weighted by Crippen LogP contribution is -2.32. The lowest BCUT2D eigenvalue weighted by atomic mass is 9.85. The molecule has 1 aliphatic heterocycles. The van der Waals surface area contributed by atoms with E-state index in [0.717, 1.165) is 18.1 Å². The lowest BCUT2D eigenvalue weighted by molar-refractivity contribution is 0.171. The van der Waals surface area contributed by atoms with Crippen LogP contribution in [0.3, 0.4) is 0 Å². The molecule has 2 aliphatic rings. The van der Waals surface area contributed by atoms with Gasteiger partial charge in [0.05, 0.1) is 0 Å². The number of fused-ring (bicyclic) bond motifs is 1. The molecule has 2 amide bonds. The first-order valence-electron chi connectivity index (χ1n) is 9.17. The third-order valence-electron chi connectivity index (χ3n) is 4.98. The summed E-state index contributed by atoms with van der Waals surface area (Å²) in [6.45, 7) is 4.41. The monoisotopic (exact) mass is 356 g/mol. The van der Waals surface area contributed by atoms with Crippen molar-refractivity contribution in [3.05, 3.63) is 35.9 Å². The Morgan fingerprint density at radius 2 is 2.08 bits per heavy atom. The number of aryl methyl sites for hydroxylation is 1. The standard InChI is InChI=1S/C19H24N4O3/c1-13-12-21-18(14-3-2-4-14)23(13)8-7-20-19(24)22-15-5-6-16-17(11-15)26-10-9-25-16/h5-6,11-12,14H,2-4,7-10H2,1H3,(H2,20,22,24). The van der Waals surface area contributed by atoms with Crippen LogP contribution in [0.1, 0.15) is 36.7 Å². The number of carbonyl (C=O) groups is 1. The SMILES string of the molecule is Cc1cnc(C2CCC2)n1CCNC(=O)Nc1ccc2c(c1)OCCO2. The van der Waals surface area contributed by atoms with Crippen molar-refractivity contribution < 1.29 is 14.3 Å². The van der Waals surface area contributed by atoms with E-state index in [1.54, 1.807) is 6.07 Å². The number of carbonyl (C=O) groups excluding carboxylic acids is 1. The molecule has 2 N–H and O–H groups in total. The van der Waals surface area contributed by atoms with Gasteiger partial charge in [0.15, 0.2) is 11.5 Å². The average molecular weight is 356 g/mol. The number of imidazole rings is 1. The summed E-state index contributed by atoms with van der Waals surface area (Å²) < 4.78 is 13.2. The minimum atomic E-state index is -0.232. The number of benzene rings is 1. The number of nitrogens with zero attached hydrogens (tertiary/aromatic N) is 2. The molecule has 2 heterocycles. The first-order chi connectivity index (χ1) is 12.7. The van der Waals surface area contributed by atoms with Gasteiger partial charge in [-0.15, -0.1) is 0 Å². The molecule has 0 saturated heterocycles. The number of aromatic nitrogens is 2. The van der Waals surface area contributed by atoms with Gasteiger partial charge >= 0.3 is 6.03 Å². The summed E-state index contributed by atoms with van der Waals surface area (Å²) in [5.41, 5.74) is 1.82. The van der Waals surface area contributed by atoms with Gasteiger partial charge in [-0.1, -0.05) is 6.42 Å². The minimum absolute atomic E-state index is 0.232. The zero-order valence-electron chi connectivity index (χ0n) is 15.0. The quantitative estimate of drug-likeness (QED) is 0.863. The van der Waals surface area contributed by atoms with Crippen molar-refractivity contribution in [1.82, 2.24) is 14.9 Å². The van der Waals surface area contributed by atoms with Gasteiger partial charge in [-0.3, -0.25) is 0 Å². The second-order valence-corrected chi connectivity index (χ2v) is 6.78. The van der Waals surface area contributed by atoms with Gasteiger partial charge in [-0.2, -0.15) is 0 Å². The molecule has 1 saturated carbocycles. The highest BCUT2D eigenvalue weighted by Crippen LogP contribution is 2.35. The van der Waals surface area contributed by atoms with Gasteiger partial charge in [0.25, 0.3) is 0 Å².